The van der Waals surface area contributed by atoms with Crippen LogP contribution in [0.15, 0.2) is 65.6 Å². The summed E-state index contributed by atoms with van der Waals surface area (Å²) in [4.78, 5) is 1.71. The summed E-state index contributed by atoms with van der Waals surface area (Å²) < 4.78 is 95.4. The molecule has 0 spiro atoms. The standard InChI is InChI=1S/C30H29ClF4N2O4S/c1-20(29-25(31)6-3-7-26(29)32)16-21-8-9-28-27(17-21)37(19-23(41-28)10-11-36-12-14-40-15-13-36)42(38,39)24-5-2-4-22(18-24)30(33,34)35/h2-9,16-18,23H,10-15,19H2,1H3. The number of anilines is 1. The molecule has 1 unspecified atom stereocenters. The Kier molecular flexibility index (Phi) is 8.84. The molecule has 0 radical (unpaired) electrons. The zero-order valence-corrected chi connectivity index (χ0v) is 24.3. The lowest BCUT2D eigenvalue weighted by atomic mass is 10.0. The molecule has 0 aromatic heterocycles. The number of alkyl halides is 3. The van der Waals surface area contributed by atoms with Crippen LogP contribution >= 0.6 is 11.6 Å². The summed E-state index contributed by atoms with van der Waals surface area (Å²) in [7, 11) is -4.43. The number of sulfonamides is 1. The van der Waals surface area contributed by atoms with Crippen LogP contribution in [-0.2, 0) is 20.9 Å². The third-order valence-electron chi connectivity index (χ3n) is 7.28. The molecule has 1 fully saturated rings. The molecule has 0 bridgehead atoms. The lowest BCUT2D eigenvalue weighted by Crippen LogP contribution is -2.45. The number of halogens is 5. The number of allylic oxidation sites excluding steroid dienone is 1. The number of nitrogens with zero attached hydrogens (tertiary/aromatic N) is 2. The Morgan fingerprint density at radius 1 is 1.07 bits per heavy atom. The molecule has 3 aromatic rings. The van der Waals surface area contributed by atoms with E-state index in [1.807, 2.05) is 0 Å². The Bertz CT molecular complexity index is 1570. The first-order valence-electron chi connectivity index (χ1n) is 13.4. The molecule has 5 rings (SSSR count). The van der Waals surface area contributed by atoms with E-state index in [1.54, 1.807) is 37.3 Å². The lowest BCUT2D eigenvalue weighted by molar-refractivity contribution is -0.137. The predicted octanol–water partition coefficient (Wildman–Crippen LogP) is 6.74. The molecule has 0 aliphatic carbocycles. The van der Waals surface area contributed by atoms with Crippen molar-refractivity contribution in [2.75, 3.05) is 43.7 Å². The fraction of sp³-hybridized carbons (Fsp3) is 0.333. The van der Waals surface area contributed by atoms with E-state index in [4.69, 9.17) is 21.1 Å². The molecule has 1 saturated heterocycles. The molecule has 1 atom stereocenters. The average molecular weight is 625 g/mol. The van der Waals surface area contributed by atoms with E-state index in [0.29, 0.717) is 43.4 Å². The Labute approximate surface area is 247 Å². The van der Waals surface area contributed by atoms with Crippen LogP contribution in [0, 0.1) is 5.82 Å². The molecule has 0 amide bonds. The van der Waals surface area contributed by atoms with Crippen molar-refractivity contribution in [2.24, 2.45) is 0 Å². The maximum atomic E-state index is 14.5. The molecular formula is C30H29ClF4N2O4S. The number of fused-ring (bicyclic) bond motifs is 1. The summed E-state index contributed by atoms with van der Waals surface area (Å²) in [5.74, 6) is -0.225. The highest BCUT2D eigenvalue weighted by Gasteiger charge is 2.37. The third-order valence-corrected chi connectivity index (χ3v) is 9.37. The van der Waals surface area contributed by atoms with Crippen molar-refractivity contribution >= 4 is 39.0 Å². The van der Waals surface area contributed by atoms with Crippen molar-refractivity contribution in [3.8, 4) is 5.75 Å². The summed E-state index contributed by atoms with van der Waals surface area (Å²) >= 11 is 6.22. The minimum atomic E-state index is -4.71. The number of benzene rings is 3. The van der Waals surface area contributed by atoms with Crippen molar-refractivity contribution < 1.29 is 35.5 Å². The van der Waals surface area contributed by atoms with Gasteiger partial charge >= 0.3 is 6.18 Å². The van der Waals surface area contributed by atoms with Crippen LogP contribution in [0.3, 0.4) is 0 Å². The van der Waals surface area contributed by atoms with Crippen LogP contribution in [0.1, 0.15) is 30.0 Å². The topological polar surface area (TPSA) is 59.1 Å². The number of ether oxygens (including phenoxy) is 2. The monoisotopic (exact) mass is 624 g/mol. The quantitative estimate of drug-likeness (QED) is 0.215. The van der Waals surface area contributed by atoms with Crippen LogP contribution in [-0.4, -0.2) is 58.8 Å². The minimum absolute atomic E-state index is 0.0960. The van der Waals surface area contributed by atoms with E-state index in [-0.39, 0.29) is 28.6 Å². The molecule has 6 nitrogen and oxygen atoms in total. The van der Waals surface area contributed by atoms with Crippen molar-refractivity contribution in [1.82, 2.24) is 4.90 Å². The van der Waals surface area contributed by atoms with E-state index in [1.165, 1.54) is 12.1 Å². The van der Waals surface area contributed by atoms with Crippen molar-refractivity contribution in [3.05, 3.63) is 88.2 Å². The van der Waals surface area contributed by atoms with Gasteiger partial charge in [-0.15, -0.1) is 0 Å². The second-order valence-electron chi connectivity index (χ2n) is 10.2. The fourth-order valence-electron chi connectivity index (χ4n) is 5.10. The van der Waals surface area contributed by atoms with E-state index in [2.05, 4.69) is 4.90 Å². The zero-order valence-electron chi connectivity index (χ0n) is 22.7. The van der Waals surface area contributed by atoms with E-state index >= 15 is 0 Å². The van der Waals surface area contributed by atoms with Crippen LogP contribution < -0.4 is 9.04 Å². The third kappa shape index (κ3) is 6.59. The number of hydrogen-bond donors (Lipinski definition) is 0. The second kappa shape index (κ2) is 12.2. The normalized spacial score (nSPS) is 18.5. The largest absolute Gasteiger partial charge is 0.486 e. The van der Waals surface area contributed by atoms with E-state index in [9.17, 15) is 26.0 Å². The Morgan fingerprint density at radius 2 is 1.81 bits per heavy atom. The van der Waals surface area contributed by atoms with Crippen LogP contribution in [0.25, 0.3) is 11.6 Å². The van der Waals surface area contributed by atoms with Gasteiger partial charge in [0.2, 0.25) is 0 Å². The highest BCUT2D eigenvalue weighted by atomic mass is 35.5. The smallest absolute Gasteiger partial charge is 0.416 e. The van der Waals surface area contributed by atoms with Crippen LogP contribution in [0.4, 0.5) is 23.2 Å². The van der Waals surface area contributed by atoms with Crippen LogP contribution in [0.2, 0.25) is 5.02 Å². The lowest BCUT2D eigenvalue weighted by Gasteiger charge is -2.37. The summed E-state index contributed by atoms with van der Waals surface area (Å²) in [6, 6.07) is 12.9. The molecule has 0 saturated carbocycles. The number of hydrogen-bond acceptors (Lipinski definition) is 5. The first-order valence-corrected chi connectivity index (χ1v) is 15.2. The van der Waals surface area contributed by atoms with Gasteiger partial charge in [-0.2, -0.15) is 13.2 Å². The number of morpholine rings is 1. The zero-order chi connectivity index (χ0) is 30.1. The van der Waals surface area contributed by atoms with Gasteiger partial charge in [-0.3, -0.25) is 9.21 Å². The van der Waals surface area contributed by atoms with Gasteiger partial charge in [0, 0.05) is 25.2 Å². The minimum Gasteiger partial charge on any atom is -0.486 e. The Balaban J connectivity index is 1.52. The highest BCUT2D eigenvalue weighted by Crippen LogP contribution is 2.40. The predicted molar refractivity (Wildman–Crippen MR) is 154 cm³/mol. The summed E-state index contributed by atoms with van der Waals surface area (Å²) in [6.45, 7) is 4.94. The average Bonchev–Trinajstić information content (AvgIpc) is 2.96. The van der Waals surface area contributed by atoms with Crippen molar-refractivity contribution in [2.45, 2.75) is 30.5 Å². The molecule has 0 N–H and O–H groups in total. The maximum absolute atomic E-state index is 14.5. The molecular weight excluding hydrogens is 596 g/mol. The van der Waals surface area contributed by atoms with Gasteiger partial charge in [-0.25, -0.2) is 12.8 Å². The van der Waals surface area contributed by atoms with Crippen molar-refractivity contribution in [1.29, 1.82) is 0 Å². The van der Waals surface area contributed by atoms with Gasteiger partial charge in [0.25, 0.3) is 10.0 Å². The van der Waals surface area contributed by atoms with Gasteiger partial charge < -0.3 is 9.47 Å². The molecule has 42 heavy (non-hydrogen) atoms. The molecule has 2 aliphatic rings. The van der Waals surface area contributed by atoms with Crippen LogP contribution in [0.5, 0.6) is 5.75 Å². The molecule has 2 aliphatic heterocycles. The van der Waals surface area contributed by atoms with Gasteiger partial charge in [0.1, 0.15) is 17.7 Å². The molecule has 224 valence electrons. The number of rotatable bonds is 7. The second-order valence-corrected chi connectivity index (χ2v) is 12.5. The summed E-state index contributed by atoms with van der Waals surface area (Å²) in [5.41, 5.74) is 0.367. The van der Waals surface area contributed by atoms with Crippen molar-refractivity contribution in [3.63, 3.8) is 0 Å². The van der Waals surface area contributed by atoms with Gasteiger partial charge in [-0.1, -0.05) is 35.9 Å². The Hall–Kier alpha value is -3.12. The Morgan fingerprint density at radius 3 is 2.52 bits per heavy atom. The van der Waals surface area contributed by atoms with Gasteiger partial charge in [-0.05, 0) is 66.9 Å². The SMILES string of the molecule is CC(=Cc1ccc2c(c1)N(S(=O)(=O)c1cccc(C(F)(F)F)c1)CC(CCN1CCOCC1)O2)c1c(F)cccc1Cl. The van der Waals surface area contributed by atoms with E-state index < -0.39 is 38.6 Å². The first kappa shape index (κ1) is 30.3. The van der Waals surface area contributed by atoms with Gasteiger partial charge in [0.05, 0.1) is 40.9 Å². The maximum Gasteiger partial charge on any atom is 0.416 e. The molecule has 2 heterocycles. The molecule has 3 aromatic carbocycles. The highest BCUT2D eigenvalue weighted by molar-refractivity contribution is 7.92. The first-order chi connectivity index (χ1) is 19.9. The van der Waals surface area contributed by atoms with E-state index in [0.717, 1.165) is 35.6 Å². The summed E-state index contributed by atoms with van der Waals surface area (Å²) in [6.07, 6.45) is -3.09. The van der Waals surface area contributed by atoms with Gasteiger partial charge in [0.15, 0.2) is 0 Å². The summed E-state index contributed by atoms with van der Waals surface area (Å²) in [5, 5.41) is 0.224. The fourth-order valence-corrected chi connectivity index (χ4v) is 6.96. The molecule has 12 heteroatoms.